The first-order chi connectivity index (χ1) is 4.00. The fourth-order valence-electron chi connectivity index (χ4n) is 0. The summed E-state index contributed by atoms with van der Waals surface area (Å²) in [6, 6.07) is 0. The summed E-state index contributed by atoms with van der Waals surface area (Å²) in [7, 11) is -10.3. The van der Waals surface area contributed by atoms with Crippen molar-refractivity contribution in [1.82, 2.24) is 0 Å². The summed E-state index contributed by atoms with van der Waals surface area (Å²) in [5.74, 6) is 0. The second kappa shape index (κ2) is 8.48. The van der Waals surface area contributed by atoms with Gasteiger partial charge in [-0.3, -0.25) is 16.8 Å². The molecule has 0 amide bonds. The van der Waals surface area contributed by atoms with Crippen molar-refractivity contribution in [2.75, 3.05) is 0 Å². The minimum Gasteiger partial charge on any atom is -0.759 e. The average Bonchev–Trinajstić information content (AvgIpc) is 1.12. The van der Waals surface area contributed by atoms with Crippen molar-refractivity contribution in [3.05, 3.63) is 0 Å². The molecule has 0 aliphatic rings. The molecule has 0 rings (SSSR count). The molecule has 0 aromatic heterocycles. The summed E-state index contributed by atoms with van der Waals surface area (Å²) < 4.78 is 68.2. The Kier molecular flexibility index (Phi) is 16.3. The Morgan fingerprint density at radius 3 is 0.667 bits per heavy atom. The van der Waals surface area contributed by atoms with Gasteiger partial charge in [0.1, 0.15) is 0 Å². The molecule has 0 atom stereocenters. The van der Waals surface area contributed by atoms with Crippen molar-refractivity contribution >= 4 is 20.8 Å². The number of hydrogen-bond acceptors (Lipinski definition) is 8. The molecule has 0 fully saturated rings. The van der Waals surface area contributed by atoms with E-state index >= 15 is 0 Å². The van der Waals surface area contributed by atoms with Crippen molar-refractivity contribution < 1.29 is 71.6 Å². The summed E-state index contributed by atoms with van der Waals surface area (Å²) >= 11 is 0. The van der Waals surface area contributed by atoms with Crippen LogP contribution in [-0.4, -0.2) is 35.0 Å². The number of hydrogen-bond donors (Lipinski definition) is 0. The third kappa shape index (κ3) is 1360. The van der Waals surface area contributed by atoms with Crippen LogP contribution in [0.2, 0.25) is 0 Å². The minimum absolute atomic E-state index is 0. The van der Waals surface area contributed by atoms with E-state index in [1.54, 1.807) is 0 Å². The van der Waals surface area contributed by atoms with E-state index in [2.05, 4.69) is 0 Å². The Morgan fingerprint density at radius 1 is 0.667 bits per heavy atom. The van der Waals surface area contributed by atoms with E-state index < -0.39 is 20.8 Å². The fourth-order valence-corrected chi connectivity index (χ4v) is 0. The molecular formula is MnO8S2Zn. The Morgan fingerprint density at radius 2 is 0.667 bits per heavy atom. The quantitative estimate of drug-likeness (QED) is 0.265. The molecule has 0 aliphatic carbocycles. The first kappa shape index (κ1) is 23.1. The van der Waals surface area contributed by atoms with E-state index in [0.29, 0.717) is 0 Å². The number of rotatable bonds is 0. The fraction of sp³-hybridized carbons (Fsp3) is 0. The largest absolute Gasteiger partial charge is 2.00 e. The van der Waals surface area contributed by atoms with Crippen LogP contribution in [0, 0.1) is 0 Å². The van der Waals surface area contributed by atoms with E-state index in [1.807, 2.05) is 0 Å². The molecule has 1 radical (unpaired) electrons. The van der Waals surface area contributed by atoms with Gasteiger partial charge in [0, 0.05) is 20.8 Å². The monoisotopic (exact) mass is 311 g/mol. The first-order valence-corrected chi connectivity index (χ1v) is 4.00. The van der Waals surface area contributed by atoms with E-state index in [0.717, 1.165) is 0 Å². The maximum absolute atomic E-state index is 8.52. The summed E-state index contributed by atoms with van der Waals surface area (Å²) in [6.45, 7) is 0. The second-order valence-electron chi connectivity index (χ2n) is 0.816. The van der Waals surface area contributed by atoms with Gasteiger partial charge in [0.2, 0.25) is 0 Å². The van der Waals surface area contributed by atoms with Gasteiger partial charge < -0.3 is 18.2 Å². The molecule has 0 spiro atoms. The predicted octanol–water partition coefficient (Wildman–Crippen LogP) is -2.68. The third-order valence-electron chi connectivity index (χ3n) is 0. The summed E-state index contributed by atoms with van der Waals surface area (Å²) in [4.78, 5) is 0. The molecule has 12 heavy (non-hydrogen) atoms. The predicted molar refractivity (Wildman–Crippen MR) is 20.9 cm³/mol. The molecule has 0 aromatic carbocycles. The van der Waals surface area contributed by atoms with Crippen LogP contribution in [0.3, 0.4) is 0 Å². The van der Waals surface area contributed by atoms with Crippen molar-refractivity contribution in [1.29, 1.82) is 0 Å². The summed E-state index contributed by atoms with van der Waals surface area (Å²) in [5.41, 5.74) is 0. The van der Waals surface area contributed by atoms with Crippen LogP contribution < -0.4 is 0 Å². The van der Waals surface area contributed by atoms with Crippen LogP contribution in [0.4, 0.5) is 0 Å². The standard InChI is InChI=1S/Mn.2H2O4S.Zn/c;2*1-5(2,3)4;/h;2*(H2,1,2,3,4);/q+2;;;+2/p-4. The van der Waals surface area contributed by atoms with Gasteiger partial charge in [-0.15, -0.1) is 0 Å². The Bertz CT molecular complexity index is 213. The smallest absolute Gasteiger partial charge is 0.759 e. The van der Waals surface area contributed by atoms with Gasteiger partial charge in [0.25, 0.3) is 0 Å². The van der Waals surface area contributed by atoms with Crippen LogP contribution in [0.1, 0.15) is 0 Å². The topological polar surface area (TPSA) is 161 Å². The van der Waals surface area contributed by atoms with Gasteiger partial charge in [-0.25, -0.2) is 0 Å². The molecule has 0 bridgehead atoms. The van der Waals surface area contributed by atoms with Gasteiger partial charge in [-0.2, -0.15) is 0 Å². The Balaban J connectivity index is -0.0000000457. The molecule has 0 saturated heterocycles. The van der Waals surface area contributed by atoms with Crippen molar-refractivity contribution in [2.45, 2.75) is 0 Å². The van der Waals surface area contributed by atoms with Gasteiger partial charge in [0.15, 0.2) is 0 Å². The molecular weight excluding hydrogens is 312 g/mol. The molecule has 0 aliphatic heterocycles. The second-order valence-corrected chi connectivity index (χ2v) is 2.45. The molecule has 12 heteroatoms. The molecule has 0 aromatic rings. The summed E-state index contributed by atoms with van der Waals surface area (Å²) in [5, 5.41) is 0. The van der Waals surface area contributed by atoms with E-state index in [4.69, 9.17) is 35.0 Å². The normalized spacial score (nSPS) is 9.67. The maximum atomic E-state index is 8.52. The molecule has 69 valence electrons. The van der Waals surface area contributed by atoms with E-state index in [1.165, 1.54) is 0 Å². The van der Waals surface area contributed by atoms with Crippen molar-refractivity contribution in [3.8, 4) is 0 Å². The van der Waals surface area contributed by atoms with Crippen molar-refractivity contribution in [3.63, 3.8) is 0 Å². The van der Waals surface area contributed by atoms with Gasteiger partial charge in [-0.1, -0.05) is 0 Å². The van der Waals surface area contributed by atoms with Crippen LogP contribution in [0.15, 0.2) is 0 Å². The molecule has 0 N–H and O–H groups in total. The first-order valence-electron chi connectivity index (χ1n) is 1.33. The van der Waals surface area contributed by atoms with E-state index in [-0.39, 0.29) is 36.5 Å². The third-order valence-corrected chi connectivity index (χ3v) is 0. The zero-order valence-corrected chi connectivity index (χ0v) is 10.9. The summed E-state index contributed by atoms with van der Waals surface area (Å²) in [6.07, 6.45) is 0. The van der Waals surface area contributed by atoms with Crippen LogP contribution in [0.25, 0.3) is 0 Å². The maximum Gasteiger partial charge on any atom is 2.00 e. The zero-order valence-electron chi connectivity index (χ0n) is 5.17. The Hall–Kier alpha value is 0.883. The minimum atomic E-state index is -5.17. The average molecular weight is 312 g/mol. The van der Waals surface area contributed by atoms with Crippen molar-refractivity contribution in [2.24, 2.45) is 0 Å². The van der Waals surface area contributed by atoms with Gasteiger partial charge in [-0.05, 0) is 0 Å². The molecule has 0 saturated carbocycles. The van der Waals surface area contributed by atoms with Crippen LogP contribution in [0.5, 0.6) is 0 Å². The van der Waals surface area contributed by atoms with Gasteiger partial charge >= 0.3 is 36.5 Å². The van der Waals surface area contributed by atoms with E-state index in [9.17, 15) is 0 Å². The Labute approximate surface area is 92.1 Å². The molecule has 8 nitrogen and oxygen atoms in total. The zero-order chi connectivity index (χ0) is 9.00. The van der Waals surface area contributed by atoms with Crippen LogP contribution >= 0.6 is 0 Å². The SMILES string of the molecule is O=S(=O)([O-])[O-].O=S(=O)([O-])[O-].[Mn+2].[Zn+2]. The van der Waals surface area contributed by atoms with Gasteiger partial charge in [0.05, 0.1) is 0 Å². The van der Waals surface area contributed by atoms with Crippen LogP contribution in [-0.2, 0) is 57.3 Å². The molecule has 0 unspecified atom stereocenters. The molecule has 0 heterocycles.